The normalized spacial score (nSPS) is 10.5. The topological polar surface area (TPSA) is 111 Å². The third kappa shape index (κ3) is 2.62. The number of hydrogen-bond donors (Lipinski definition) is 2. The van der Waals surface area contributed by atoms with Gasteiger partial charge in [-0.3, -0.25) is 19.0 Å². The van der Waals surface area contributed by atoms with Crippen molar-refractivity contribution in [3.8, 4) is 5.75 Å². The number of aryl methyl sites for hydroxylation is 2. The van der Waals surface area contributed by atoms with Crippen LogP contribution in [0.1, 0.15) is 15.9 Å². The van der Waals surface area contributed by atoms with Crippen LogP contribution in [0.25, 0.3) is 11.0 Å². The van der Waals surface area contributed by atoms with Crippen molar-refractivity contribution in [1.29, 1.82) is 0 Å². The van der Waals surface area contributed by atoms with Crippen LogP contribution in [0.4, 0.5) is 0 Å². The van der Waals surface area contributed by atoms with Gasteiger partial charge >= 0.3 is 5.97 Å². The van der Waals surface area contributed by atoms with E-state index in [9.17, 15) is 19.5 Å². The zero-order valence-electron chi connectivity index (χ0n) is 12.3. The number of ether oxygens (including phenoxy) is 1. The summed E-state index contributed by atoms with van der Waals surface area (Å²) >= 11 is 0. The molecule has 0 radical (unpaired) electrons. The second kappa shape index (κ2) is 5.84. The lowest BCUT2D eigenvalue weighted by Crippen LogP contribution is -2.35. The van der Waals surface area contributed by atoms with Crippen molar-refractivity contribution >= 4 is 22.9 Å². The molecular formula is C14H15N3O5. The molecule has 8 heteroatoms. The third-order valence-corrected chi connectivity index (χ3v) is 3.18. The van der Waals surface area contributed by atoms with Crippen molar-refractivity contribution in [2.45, 2.75) is 6.92 Å². The number of methoxy groups -OCH3 is 1. The summed E-state index contributed by atoms with van der Waals surface area (Å²) < 4.78 is 5.57. The smallest absolute Gasteiger partial charge is 0.325 e. The van der Waals surface area contributed by atoms with Gasteiger partial charge in [-0.2, -0.15) is 0 Å². The Bertz CT molecular complexity index is 825. The second-order valence-corrected chi connectivity index (χ2v) is 4.73. The Labute approximate surface area is 125 Å². The van der Waals surface area contributed by atoms with Crippen molar-refractivity contribution in [1.82, 2.24) is 14.9 Å². The van der Waals surface area contributed by atoms with E-state index in [1.165, 1.54) is 18.7 Å². The summed E-state index contributed by atoms with van der Waals surface area (Å²) in [6.07, 6.45) is 1.55. The number of fused-ring (bicyclic) bond motifs is 1. The number of hydrogen-bond acceptors (Lipinski definition) is 6. The molecule has 0 atom stereocenters. The highest BCUT2D eigenvalue weighted by atomic mass is 16.5. The summed E-state index contributed by atoms with van der Waals surface area (Å²) in [5.74, 6) is -1.98. The molecule has 0 saturated heterocycles. The number of rotatable bonds is 3. The van der Waals surface area contributed by atoms with Crippen molar-refractivity contribution < 1.29 is 19.4 Å². The third-order valence-electron chi connectivity index (χ3n) is 3.18. The maximum atomic E-state index is 12.2. The average Bonchev–Trinajstić information content (AvgIpc) is 2.50. The van der Waals surface area contributed by atoms with E-state index >= 15 is 0 Å². The monoisotopic (exact) mass is 305 g/mol. The Morgan fingerprint density at radius 2 is 2.14 bits per heavy atom. The lowest BCUT2D eigenvalue weighted by molar-refractivity contribution is -0.139. The van der Waals surface area contributed by atoms with E-state index in [4.69, 9.17) is 0 Å². The summed E-state index contributed by atoms with van der Waals surface area (Å²) in [5, 5.41) is 12.8. The van der Waals surface area contributed by atoms with Gasteiger partial charge in [-0.1, -0.05) is 0 Å². The predicted octanol–water partition coefficient (Wildman–Crippen LogP) is -0.150. The minimum atomic E-state index is -0.855. The SMILES string of the molecule is COC(=O)CNC(=O)c1c(O)c2cc(C)cnc2n(C)c1=O. The Morgan fingerprint density at radius 1 is 1.45 bits per heavy atom. The van der Waals surface area contributed by atoms with Gasteiger partial charge in [0.15, 0.2) is 0 Å². The van der Waals surface area contributed by atoms with Crippen molar-refractivity contribution in [3.63, 3.8) is 0 Å². The van der Waals surface area contributed by atoms with E-state index in [-0.39, 0.29) is 11.0 Å². The van der Waals surface area contributed by atoms with Crippen molar-refractivity contribution in [3.05, 3.63) is 33.7 Å². The molecule has 0 aliphatic rings. The molecule has 2 aromatic heterocycles. The molecule has 0 saturated carbocycles. The van der Waals surface area contributed by atoms with Crippen LogP contribution in [-0.2, 0) is 16.6 Å². The summed E-state index contributed by atoms with van der Waals surface area (Å²) in [7, 11) is 2.62. The summed E-state index contributed by atoms with van der Waals surface area (Å²) in [4.78, 5) is 39.4. The quantitative estimate of drug-likeness (QED) is 0.763. The van der Waals surface area contributed by atoms with E-state index in [0.29, 0.717) is 0 Å². The maximum Gasteiger partial charge on any atom is 0.325 e. The standard InChI is InChI=1S/C14H15N3O5/c1-7-4-8-11(19)10(13(20)16-6-9(18)22-3)14(21)17(2)12(8)15-5-7/h4-5,19H,6H2,1-3H3,(H,16,20). The molecule has 8 nitrogen and oxygen atoms in total. The molecule has 2 aromatic rings. The lowest BCUT2D eigenvalue weighted by atomic mass is 10.1. The molecule has 1 amide bonds. The lowest BCUT2D eigenvalue weighted by Gasteiger charge is -2.11. The number of pyridine rings is 2. The van der Waals surface area contributed by atoms with E-state index in [2.05, 4.69) is 15.0 Å². The Kier molecular flexibility index (Phi) is 4.11. The molecular weight excluding hydrogens is 290 g/mol. The maximum absolute atomic E-state index is 12.2. The van der Waals surface area contributed by atoms with Crippen LogP contribution in [0.2, 0.25) is 0 Å². The number of aromatic nitrogens is 2. The first-order chi connectivity index (χ1) is 10.4. The molecule has 0 aliphatic heterocycles. The van der Waals surface area contributed by atoms with Crippen molar-refractivity contribution in [2.24, 2.45) is 7.05 Å². The van der Waals surface area contributed by atoms with Crippen LogP contribution in [-0.4, -0.2) is 40.2 Å². The number of carbonyl (C=O) groups is 2. The number of carbonyl (C=O) groups excluding carboxylic acids is 2. The molecule has 116 valence electrons. The molecule has 2 N–H and O–H groups in total. The van der Waals surface area contributed by atoms with Gasteiger partial charge in [0, 0.05) is 13.2 Å². The van der Waals surface area contributed by atoms with Crippen LogP contribution in [0.15, 0.2) is 17.1 Å². The first-order valence-corrected chi connectivity index (χ1v) is 6.40. The van der Waals surface area contributed by atoms with E-state index in [1.54, 1.807) is 19.2 Å². The van der Waals surface area contributed by atoms with Crippen LogP contribution in [0, 0.1) is 6.92 Å². The zero-order chi connectivity index (χ0) is 16.4. The summed E-state index contributed by atoms with van der Waals surface area (Å²) in [6, 6.07) is 1.62. The van der Waals surface area contributed by atoms with Crippen LogP contribution in [0.3, 0.4) is 0 Å². The molecule has 0 fully saturated rings. The zero-order valence-corrected chi connectivity index (χ0v) is 12.3. The molecule has 2 rings (SSSR count). The fourth-order valence-electron chi connectivity index (χ4n) is 2.02. The minimum Gasteiger partial charge on any atom is -0.506 e. The number of esters is 1. The van der Waals surface area contributed by atoms with Crippen molar-refractivity contribution in [2.75, 3.05) is 13.7 Å². The highest BCUT2D eigenvalue weighted by Gasteiger charge is 2.22. The van der Waals surface area contributed by atoms with Gasteiger partial charge in [-0.15, -0.1) is 0 Å². The molecule has 0 spiro atoms. The summed E-state index contributed by atoms with van der Waals surface area (Å²) in [5.41, 5.74) is -0.116. The molecule has 0 aliphatic carbocycles. The van der Waals surface area contributed by atoms with Crippen LogP contribution >= 0.6 is 0 Å². The minimum absolute atomic E-state index is 0.262. The van der Waals surface area contributed by atoms with Crippen LogP contribution in [0.5, 0.6) is 5.75 Å². The highest BCUT2D eigenvalue weighted by Crippen LogP contribution is 2.25. The first kappa shape index (κ1) is 15.5. The Balaban J connectivity index is 2.56. The number of aromatic hydroxyl groups is 1. The van der Waals surface area contributed by atoms with Gasteiger partial charge < -0.3 is 15.2 Å². The predicted molar refractivity (Wildman–Crippen MR) is 77.7 cm³/mol. The highest BCUT2D eigenvalue weighted by molar-refractivity contribution is 6.02. The average molecular weight is 305 g/mol. The molecule has 0 unspecified atom stereocenters. The molecule has 0 aromatic carbocycles. The number of nitrogens with one attached hydrogen (secondary N) is 1. The van der Waals surface area contributed by atoms with E-state index < -0.39 is 35.3 Å². The van der Waals surface area contributed by atoms with E-state index in [1.807, 2.05) is 0 Å². The molecule has 22 heavy (non-hydrogen) atoms. The number of amides is 1. The van der Waals surface area contributed by atoms with Gasteiger partial charge in [0.2, 0.25) is 0 Å². The molecule has 0 bridgehead atoms. The summed E-state index contributed by atoms with van der Waals surface area (Å²) in [6.45, 7) is 1.37. The Hall–Kier alpha value is -2.90. The van der Waals surface area contributed by atoms with Gasteiger partial charge in [0.25, 0.3) is 11.5 Å². The molecule has 2 heterocycles. The fourth-order valence-corrected chi connectivity index (χ4v) is 2.02. The van der Waals surface area contributed by atoms with E-state index in [0.717, 1.165) is 5.56 Å². The second-order valence-electron chi connectivity index (χ2n) is 4.73. The largest absolute Gasteiger partial charge is 0.506 e. The van der Waals surface area contributed by atoms with Crippen LogP contribution < -0.4 is 10.9 Å². The van der Waals surface area contributed by atoms with Gasteiger partial charge in [-0.25, -0.2) is 4.98 Å². The van der Waals surface area contributed by atoms with Gasteiger partial charge in [0.1, 0.15) is 23.5 Å². The van der Waals surface area contributed by atoms with Gasteiger partial charge in [0.05, 0.1) is 12.5 Å². The van der Waals surface area contributed by atoms with Gasteiger partial charge in [-0.05, 0) is 18.6 Å². The Morgan fingerprint density at radius 3 is 2.77 bits per heavy atom. The fraction of sp³-hybridized carbons (Fsp3) is 0.286. The first-order valence-electron chi connectivity index (χ1n) is 6.40. The number of nitrogens with zero attached hydrogens (tertiary/aromatic N) is 2.